The van der Waals surface area contributed by atoms with Crippen LogP contribution in [0, 0.1) is 0 Å². The van der Waals surface area contributed by atoms with Gasteiger partial charge in [0.2, 0.25) is 0 Å². The van der Waals surface area contributed by atoms with Gasteiger partial charge >= 0.3 is 0 Å². The molecule has 1 unspecified atom stereocenters. The maximum atomic E-state index is 6.07. The Morgan fingerprint density at radius 3 is 2.00 bits per heavy atom. The van der Waals surface area contributed by atoms with Gasteiger partial charge in [0, 0.05) is 5.66 Å². The summed E-state index contributed by atoms with van der Waals surface area (Å²) in [6.45, 7) is 6.90. The van der Waals surface area contributed by atoms with E-state index in [-0.39, 0.29) is 7.92 Å². The van der Waals surface area contributed by atoms with Crippen LogP contribution in [0.3, 0.4) is 0 Å². The molecule has 0 nitrogen and oxygen atoms in total. The molecule has 0 N–H and O–H groups in total. The van der Waals surface area contributed by atoms with Gasteiger partial charge in [-0.3, -0.25) is 0 Å². The smallest absolute Gasteiger partial charge is 0.100 e. The highest BCUT2D eigenvalue weighted by Crippen LogP contribution is 2.55. The lowest BCUT2D eigenvalue weighted by Gasteiger charge is -2.29. The summed E-state index contributed by atoms with van der Waals surface area (Å²) in [6.07, 6.45) is 10.7. The zero-order chi connectivity index (χ0) is 16.4. The van der Waals surface area contributed by atoms with E-state index in [4.69, 9.17) is 23.2 Å². The number of unbranched alkanes of at least 4 members (excludes halogenated alkanes) is 2. The molecule has 0 spiro atoms. The van der Waals surface area contributed by atoms with Gasteiger partial charge in [0.25, 0.3) is 0 Å². The molecule has 0 aliphatic carbocycles. The van der Waals surface area contributed by atoms with Crippen molar-refractivity contribution in [3.63, 3.8) is 0 Å². The van der Waals surface area contributed by atoms with Crippen molar-refractivity contribution in [1.29, 1.82) is 0 Å². The van der Waals surface area contributed by atoms with E-state index in [9.17, 15) is 0 Å². The SMILES string of the molecule is CCCCP(CCCC)C(CCC)c1cccc(C(Cl)Cl)c1. The van der Waals surface area contributed by atoms with E-state index in [1.54, 1.807) is 0 Å². The van der Waals surface area contributed by atoms with Crippen molar-refractivity contribution >= 4 is 31.1 Å². The number of rotatable bonds is 11. The average molecular weight is 361 g/mol. The standard InChI is InChI=1S/C19H31Cl2P/c1-4-7-13-22(14-8-5-2)18(10-6-3)16-11-9-12-17(15-16)19(20)21/h9,11-12,15,18-19H,4-8,10,13-14H2,1-3H3. The molecular formula is C19H31Cl2P. The minimum atomic E-state index is -0.417. The zero-order valence-corrected chi connectivity index (χ0v) is 16.7. The molecule has 0 radical (unpaired) electrons. The second-order valence-electron chi connectivity index (χ2n) is 6.02. The highest BCUT2D eigenvalue weighted by Gasteiger charge is 2.22. The molecule has 0 saturated carbocycles. The Labute approximate surface area is 148 Å². The molecule has 0 aromatic heterocycles. The van der Waals surface area contributed by atoms with Crippen LogP contribution in [0.2, 0.25) is 0 Å². The number of halogens is 2. The summed E-state index contributed by atoms with van der Waals surface area (Å²) in [4.78, 5) is -0.417. The molecule has 0 saturated heterocycles. The molecular weight excluding hydrogens is 330 g/mol. The fourth-order valence-electron chi connectivity index (χ4n) is 2.88. The van der Waals surface area contributed by atoms with Crippen LogP contribution in [0.15, 0.2) is 24.3 Å². The van der Waals surface area contributed by atoms with Crippen molar-refractivity contribution in [2.45, 2.75) is 69.8 Å². The van der Waals surface area contributed by atoms with Crippen molar-refractivity contribution in [3.8, 4) is 0 Å². The minimum absolute atomic E-state index is 0.0641. The van der Waals surface area contributed by atoms with Gasteiger partial charge in [-0.15, -0.1) is 23.2 Å². The van der Waals surface area contributed by atoms with Crippen LogP contribution >= 0.6 is 31.1 Å². The van der Waals surface area contributed by atoms with E-state index in [0.717, 1.165) is 5.56 Å². The first-order chi connectivity index (χ1) is 10.6. The lowest BCUT2D eigenvalue weighted by molar-refractivity contribution is 0.754. The van der Waals surface area contributed by atoms with Gasteiger partial charge in [-0.1, -0.05) is 72.2 Å². The summed E-state index contributed by atoms with van der Waals surface area (Å²) >= 11 is 12.1. The molecule has 126 valence electrons. The van der Waals surface area contributed by atoms with Crippen molar-refractivity contribution in [3.05, 3.63) is 35.4 Å². The summed E-state index contributed by atoms with van der Waals surface area (Å²) in [7, 11) is 0.0641. The Morgan fingerprint density at radius 2 is 1.50 bits per heavy atom. The Hall–Kier alpha value is 0.230. The largest absolute Gasteiger partial charge is 0.132 e. The third-order valence-corrected chi connectivity index (χ3v) is 7.87. The zero-order valence-electron chi connectivity index (χ0n) is 14.3. The van der Waals surface area contributed by atoms with Crippen molar-refractivity contribution in [2.75, 3.05) is 12.3 Å². The molecule has 0 heterocycles. The van der Waals surface area contributed by atoms with Crippen LogP contribution in [-0.4, -0.2) is 12.3 Å². The van der Waals surface area contributed by atoms with Crippen LogP contribution in [0.4, 0.5) is 0 Å². The highest BCUT2D eigenvalue weighted by atomic mass is 35.5. The van der Waals surface area contributed by atoms with Gasteiger partial charge in [-0.05, 0) is 42.7 Å². The first-order valence-electron chi connectivity index (χ1n) is 8.76. The number of hydrogen-bond acceptors (Lipinski definition) is 0. The molecule has 0 bridgehead atoms. The Bertz CT molecular complexity index is 398. The van der Waals surface area contributed by atoms with Crippen LogP contribution in [-0.2, 0) is 0 Å². The first-order valence-corrected chi connectivity index (χ1v) is 11.4. The van der Waals surface area contributed by atoms with Crippen LogP contribution in [0.25, 0.3) is 0 Å². The summed E-state index contributed by atoms with van der Waals surface area (Å²) in [5, 5.41) is 0. The summed E-state index contributed by atoms with van der Waals surface area (Å²) in [6, 6.07) is 8.70. The van der Waals surface area contributed by atoms with Crippen molar-refractivity contribution in [2.24, 2.45) is 0 Å². The predicted octanol–water partition coefficient (Wildman–Crippen LogP) is 8.09. The average Bonchev–Trinajstić information content (AvgIpc) is 2.53. The highest BCUT2D eigenvalue weighted by molar-refractivity contribution is 7.58. The molecule has 1 rings (SSSR count). The fourth-order valence-corrected chi connectivity index (χ4v) is 6.65. The van der Waals surface area contributed by atoms with Crippen molar-refractivity contribution in [1.82, 2.24) is 0 Å². The molecule has 3 heteroatoms. The van der Waals surface area contributed by atoms with Gasteiger partial charge in [0.15, 0.2) is 0 Å². The summed E-state index contributed by atoms with van der Waals surface area (Å²) in [5.74, 6) is 0. The molecule has 0 aliphatic rings. The molecule has 0 amide bonds. The van der Waals surface area contributed by atoms with E-state index >= 15 is 0 Å². The first kappa shape index (κ1) is 20.3. The maximum absolute atomic E-state index is 6.07. The van der Waals surface area contributed by atoms with E-state index in [1.165, 1.54) is 56.4 Å². The second kappa shape index (κ2) is 11.7. The molecule has 0 aliphatic heterocycles. The lowest BCUT2D eigenvalue weighted by Crippen LogP contribution is -2.04. The second-order valence-corrected chi connectivity index (χ2v) is 9.81. The van der Waals surface area contributed by atoms with Crippen LogP contribution in [0.1, 0.15) is 80.9 Å². The van der Waals surface area contributed by atoms with Crippen molar-refractivity contribution < 1.29 is 0 Å². The minimum Gasteiger partial charge on any atom is -0.100 e. The summed E-state index contributed by atoms with van der Waals surface area (Å²) in [5.41, 5.74) is 3.22. The molecule has 1 atom stereocenters. The monoisotopic (exact) mass is 360 g/mol. The van der Waals surface area contributed by atoms with Crippen LogP contribution < -0.4 is 0 Å². The Balaban J connectivity index is 2.97. The molecule has 22 heavy (non-hydrogen) atoms. The molecule has 0 fully saturated rings. The molecule has 1 aromatic rings. The number of benzene rings is 1. The van der Waals surface area contributed by atoms with Gasteiger partial charge in [0.1, 0.15) is 4.84 Å². The normalized spacial score (nSPS) is 13.0. The lowest BCUT2D eigenvalue weighted by atomic mass is 10.1. The number of alkyl halides is 2. The van der Waals surface area contributed by atoms with E-state index < -0.39 is 4.84 Å². The van der Waals surface area contributed by atoms with Gasteiger partial charge < -0.3 is 0 Å². The van der Waals surface area contributed by atoms with Gasteiger partial charge in [0.05, 0.1) is 0 Å². The van der Waals surface area contributed by atoms with Gasteiger partial charge in [-0.2, -0.15) is 0 Å². The summed E-state index contributed by atoms with van der Waals surface area (Å²) < 4.78 is 0. The quantitative estimate of drug-likeness (QED) is 0.276. The Kier molecular flexibility index (Phi) is 10.8. The topological polar surface area (TPSA) is 0 Å². The third-order valence-electron chi connectivity index (χ3n) is 4.15. The Morgan fingerprint density at radius 1 is 0.909 bits per heavy atom. The third kappa shape index (κ3) is 6.77. The van der Waals surface area contributed by atoms with E-state index in [1.807, 2.05) is 6.07 Å². The van der Waals surface area contributed by atoms with Gasteiger partial charge in [-0.25, -0.2) is 0 Å². The van der Waals surface area contributed by atoms with Crippen LogP contribution in [0.5, 0.6) is 0 Å². The maximum Gasteiger partial charge on any atom is 0.132 e. The number of hydrogen-bond donors (Lipinski definition) is 0. The predicted molar refractivity (Wildman–Crippen MR) is 105 cm³/mol. The fraction of sp³-hybridized carbons (Fsp3) is 0.684. The van der Waals surface area contributed by atoms with E-state index in [2.05, 4.69) is 39.0 Å². The van der Waals surface area contributed by atoms with E-state index in [0.29, 0.717) is 5.66 Å². The molecule has 1 aromatic carbocycles.